The molecule has 2 heterocycles. The molecule has 2 aliphatic heterocycles. The first kappa shape index (κ1) is 9.33. The van der Waals surface area contributed by atoms with Crippen LogP contribution in [0.25, 0.3) is 0 Å². The second-order valence-electron chi connectivity index (χ2n) is 4.01. The monoisotopic (exact) mass is 206 g/mol. The van der Waals surface area contributed by atoms with Gasteiger partial charge in [0.1, 0.15) is 18.3 Å². The van der Waals surface area contributed by atoms with Gasteiger partial charge < -0.3 is 14.2 Å². The van der Waals surface area contributed by atoms with E-state index in [1.54, 1.807) is 0 Å². The summed E-state index contributed by atoms with van der Waals surface area (Å²) < 4.78 is 16.5. The van der Waals surface area contributed by atoms with Gasteiger partial charge in [0.15, 0.2) is 0 Å². The minimum absolute atomic E-state index is 0.152. The predicted molar refractivity (Wildman–Crippen MR) is 54.5 cm³/mol. The van der Waals surface area contributed by atoms with Crippen molar-refractivity contribution in [3.8, 4) is 0 Å². The summed E-state index contributed by atoms with van der Waals surface area (Å²) in [5.74, 6) is 0. The highest BCUT2D eigenvalue weighted by molar-refractivity contribution is 5.13. The first-order chi connectivity index (χ1) is 7.43. The van der Waals surface area contributed by atoms with Crippen molar-refractivity contribution in [2.45, 2.75) is 24.9 Å². The molecule has 1 aromatic carbocycles. The Hall–Kier alpha value is -0.900. The molecule has 2 fully saturated rings. The summed E-state index contributed by atoms with van der Waals surface area (Å²) >= 11 is 0. The lowest BCUT2D eigenvalue weighted by Crippen LogP contribution is -2.21. The van der Waals surface area contributed by atoms with Gasteiger partial charge in [-0.1, -0.05) is 30.3 Å². The molecule has 3 heteroatoms. The Bertz CT molecular complexity index is 325. The zero-order valence-electron chi connectivity index (χ0n) is 8.46. The fourth-order valence-electron chi connectivity index (χ4n) is 1.94. The number of rotatable bonds is 4. The van der Waals surface area contributed by atoms with E-state index in [2.05, 4.69) is 12.1 Å². The Morgan fingerprint density at radius 1 is 1.27 bits per heavy atom. The molecular formula is C12H14O3. The Labute approximate surface area is 89.0 Å². The molecule has 3 nitrogen and oxygen atoms in total. The van der Waals surface area contributed by atoms with Crippen LogP contribution < -0.4 is 0 Å². The topological polar surface area (TPSA) is 31.0 Å². The molecule has 3 rings (SSSR count). The molecule has 0 spiro atoms. The number of epoxide rings is 1. The number of hydrogen-bond acceptors (Lipinski definition) is 3. The molecule has 1 aromatic rings. The molecule has 0 N–H and O–H groups in total. The van der Waals surface area contributed by atoms with Crippen molar-refractivity contribution in [1.29, 1.82) is 0 Å². The maximum atomic E-state index is 5.60. The van der Waals surface area contributed by atoms with E-state index in [1.165, 1.54) is 5.56 Å². The van der Waals surface area contributed by atoms with Gasteiger partial charge >= 0.3 is 0 Å². The van der Waals surface area contributed by atoms with Gasteiger partial charge in [-0.3, -0.25) is 0 Å². The molecule has 3 atom stereocenters. The summed E-state index contributed by atoms with van der Waals surface area (Å²) in [6, 6.07) is 10.2. The molecule has 0 aliphatic carbocycles. The van der Waals surface area contributed by atoms with Gasteiger partial charge in [-0.15, -0.1) is 0 Å². The molecule has 15 heavy (non-hydrogen) atoms. The van der Waals surface area contributed by atoms with Crippen LogP contribution in [0.1, 0.15) is 5.56 Å². The summed E-state index contributed by atoms with van der Waals surface area (Å²) in [6.07, 6.45) is 0.815. The van der Waals surface area contributed by atoms with E-state index >= 15 is 0 Å². The third kappa shape index (κ3) is 2.04. The van der Waals surface area contributed by atoms with E-state index < -0.39 is 0 Å². The lowest BCUT2D eigenvalue weighted by atomic mass is 10.2. The largest absolute Gasteiger partial charge is 0.374 e. The minimum atomic E-state index is 0.152. The van der Waals surface area contributed by atoms with E-state index in [4.69, 9.17) is 14.2 Å². The highest BCUT2D eigenvalue weighted by Crippen LogP contribution is 2.34. The van der Waals surface area contributed by atoms with E-state index in [-0.39, 0.29) is 6.10 Å². The molecule has 0 radical (unpaired) electrons. The van der Waals surface area contributed by atoms with Crippen molar-refractivity contribution in [2.24, 2.45) is 0 Å². The lowest BCUT2D eigenvalue weighted by Gasteiger charge is -2.11. The smallest absolute Gasteiger partial charge is 0.115 e. The van der Waals surface area contributed by atoms with Crippen molar-refractivity contribution < 1.29 is 14.2 Å². The predicted octanol–water partition coefficient (Wildman–Crippen LogP) is 1.37. The zero-order valence-corrected chi connectivity index (χ0v) is 8.46. The fraction of sp³-hybridized carbons (Fsp3) is 0.500. The molecule has 80 valence electrons. The van der Waals surface area contributed by atoms with Crippen LogP contribution in [-0.4, -0.2) is 31.5 Å². The van der Waals surface area contributed by atoms with Gasteiger partial charge in [0.05, 0.1) is 19.8 Å². The summed E-state index contributed by atoms with van der Waals surface area (Å²) in [4.78, 5) is 0. The highest BCUT2D eigenvalue weighted by Gasteiger charge is 2.51. The molecule has 0 unspecified atom stereocenters. The summed E-state index contributed by atoms with van der Waals surface area (Å²) in [5.41, 5.74) is 1.20. The normalized spacial score (nSPS) is 32.7. The van der Waals surface area contributed by atoms with Gasteiger partial charge in [-0.05, 0) is 5.56 Å². The zero-order chi connectivity index (χ0) is 10.1. The van der Waals surface area contributed by atoms with Crippen LogP contribution in [0.3, 0.4) is 0 Å². The molecule has 0 aromatic heterocycles. The van der Waals surface area contributed by atoms with E-state index in [0.29, 0.717) is 25.4 Å². The van der Waals surface area contributed by atoms with Crippen LogP contribution in [0, 0.1) is 0 Å². The standard InChI is InChI=1S/C12H14O3/c1-2-4-9(5-3-1)6-13-7-10-12-11(15-12)8-14-10/h1-5,10-12H,6-8H2/t10-,11+,12+/m1/s1. The molecular weight excluding hydrogens is 192 g/mol. The average molecular weight is 206 g/mol. The Morgan fingerprint density at radius 3 is 2.80 bits per heavy atom. The van der Waals surface area contributed by atoms with E-state index in [1.807, 2.05) is 18.2 Å². The molecule has 0 amide bonds. The van der Waals surface area contributed by atoms with Gasteiger partial charge in [0, 0.05) is 0 Å². The van der Waals surface area contributed by atoms with Gasteiger partial charge in [0.25, 0.3) is 0 Å². The third-order valence-corrected chi connectivity index (χ3v) is 2.86. The number of fused-ring (bicyclic) bond motifs is 1. The van der Waals surface area contributed by atoms with Gasteiger partial charge in [-0.25, -0.2) is 0 Å². The fourth-order valence-corrected chi connectivity index (χ4v) is 1.94. The Kier molecular flexibility index (Phi) is 2.44. The maximum absolute atomic E-state index is 5.60. The number of hydrogen-bond donors (Lipinski definition) is 0. The molecule has 2 aliphatic rings. The Morgan fingerprint density at radius 2 is 2.13 bits per heavy atom. The van der Waals surface area contributed by atoms with Crippen LogP contribution in [0.5, 0.6) is 0 Å². The Balaban J connectivity index is 1.43. The van der Waals surface area contributed by atoms with Crippen molar-refractivity contribution in [3.05, 3.63) is 35.9 Å². The summed E-state index contributed by atoms with van der Waals surface area (Å²) in [5, 5.41) is 0. The number of benzene rings is 1. The van der Waals surface area contributed by atoms with Crippen molar-refractivity contribution in [2.75, 3.05) is 13.2 Å². The SMILES string of the molecule is c1ccc(COC[C@H]2OC[C@@H]3O[C@H]32)cc1. The van der Waals surface area contributed by atoms with E-state index in [0.717, 1.165) is 6.61 Å². The van der Waals surface area contributed by atoms with Crippen LogP contribution in [0.15, 0.2) is 30.3 Å². The first-order valence-corrected chi connectivity index (χ1v) is 5.32. The second-order valence-corrected chi connectivity index (χ2v) is 4.01. The van der Waals surface area contributed by atoms with Crippen molar-refractivity contribution in [1.82, 2.24) is 0 Å². The van der Waals surface area contributed by atoms with E-state index in [9.17, 15) is 0 Å². The average Bonchev–Trinajstić information content (AvgIpc) is 2.96. The quantitative estimate of drug-likeness (QED) is 0.697. The highest BCUT2D eigenvalue weighted by atomic mass is 16.7. The van der Waals surface area contributed by atoms with Crippen molar-refractivity contribution in [3.63, 3.8) is 0 Å². The van der Waals surface area contributed by atoms with Crippen LogP contribution >= 0.6 is 0 Å². The molecule has 0 saturated carbocycles. The van der Waals surface area contributed by atoms with Crippen LogP contribution in [0.2, 0.25) is 0 Å². The first-order valence-electron chi connectivity index (χ1n) is 5.32. The third-order valence-electron chi connectivity index (χ3n) is 2.86. The molecule has 0 bridgehead atoms. The number of ether oxygens (including phenoxy) is 3. The lowest BCUT2D eigenvalue weighted by molar-refractivity contribution is -0.0322. The van der Waals surface area contributed by atoms with Gasteiger partial charge in [0.2, 0.25) is 0 Å². The van der Waals surface area contributed by atoms with Crippen LogP contribution in [-0.2, 0) is 20.8 Å². The van der Waals surface area contributed by atoms with Crippen LogP contribution in [0.4, 0.5) is 0 Å². The maximum Gasteiger partial charge on any atom is 0.115 e. The van der Waals surface area contributed by atoms with Crippen molar-refractivity contribution >= 4 is 0 Å². The minimum Gasteiger partial charge on any atom is -0.374 e. The van der Waals surface area contributed by atoms with Gasteiger partial charge in [-0.2, -0.15) is 0 Å². The molecule has 2 saturated heterocycles. The second kappa shape index (κ2) is 3.93. The summed E-state index contributed by atoms with van der Waals surface area (Å²) in [7, 11) is 0. The summed E-state index contributed by atoms with van der Waals surface area (Å²) in [6.45, 7) is 2.03.